The van der Waals surface area contributed by atoms with Crippen molar-refractivity contribution in [2.24, 2.45) is 5.92 Å². The standard InChI is InChI=1S/C16H30N2S/c1-12(2)10-18(7)11-14-8-15(19-13(14)3)9-17-16(4,5)6/h8,12,17H,9-11H2,1-7H3. The Morgan fingerprint density at radius 2 is 1.95 bits per heavy atom. The Kier molecular flexibility index (Phi) is 6.03. The largest absolute Gasteiger partial charge is 0.307 e. The molecule has 0 radical (unpaired) electrons. The molecule has 0 aliphatic rings. The molecule has 1 N–H and O–H groups in total. The van der Waals surface area contributed by atoms with Crippen LogP contribution in [0.25, 0.3) is 0 Å². The molecule has 19 heavy (non-hydrogen) atoms. The molecule has 1 rings (SSSR count). The summed E-state index contributed by atoms with van der Waals surface area (Å²) >= 11 is 1.93. The van der Waals surface area contributed by atoms with Crippen molar-refractivity contribution in [3.05, 3.63) is 21.4 Å². The highest BCUT2D eigenvalue weighted by atomic mass is 32.1. The monoisotopic (exact) mass is 282 g/mol. The van der Waals surface area contributed by atoms with Gasteiger partial charge in [-0.1, -0.05) is 13.8 Å². The average molecular weight is 282 g/mol. The lowest BCUT2D eigenvalue weighted by molar-refractivity contribution is 0.288. The second-order valence-electron chi connectivity index (χ2n) is 6.99. The van der Waals surface area contributed by atoms with Gasteiger partial charge in [0.25, 0.3) is 0 Å². The summed E-state index contributed by atoms with van der Waals surface area (Å²) in [5.74, 6) is 0.728. The topological polar surface area (TPSA) is 15.3 Å². The summed E-state index contributed by atoms with van der Waals surface area (Å²) in [4.78, 5) is 5.32. The van der Waals surface area contributed by atoms with E-state index in [2.05, 4.69) is 64.9 Å². The number of rotatable bonds is 6. The van der Waals surface area contributed by atoms with E-state index in [-0.39, 0.29) is 5.54 Å². The zero-order valence-corrected chi connectivity index (χ0v) is 14.4. The number of hydrogen-bond acceptors (Lipinski definition) is 3. The molecule has 0 atom stereocenters. The van der Waals surface area contributed by atoms with E-state index in [1.54, 1.807) is 0 Å². The maximum atomic E-state index is 3.56. The van der Waals surface area contributed by atoms with Gasteiger partial charge in [-0.3, -0.25) is 0 Å². The Labute approximate surface area is 123 Å². The van der Waals surface area contributed by atoms with Crippen LogP contribution in [0.5, 0.6) is 0 Å². The van der Waals surface area contributed by atoms with E-state index in [0.717, 1.165) is 25.6 Å². The third-order valence-corrected chi connectivity index (χ3v) is 4.07. The summed E-state index contributed by atoms with van der Waals surface area (Å²) in [6.07, 6.45) is 0. The van der Waals surface area contributed by atoms with Gasteiger partial charge >= 0.3 is 0 Å². The van der Waals surface area contributed by atoms with Crippen LogP contribution in [-0.2, 0) is 13.1 Å². The molecule has 0 aliphatic heterocycles. The molecule has 0 saturated heterocycles. The summed E-state index contributed by atoms with van der Waals surface area (Å²) in [5, 5.41) is 3.56. The summed E-state index contributed by atoms with van der Waals surface area (Å²) in [6, 6.07) is 2.37. The fourth-order valence-electron chi connectivity index (χ4n) is 2.16. The van der Waals surface area contributed by atoms with Gasteiger partial charge in [0.05, 0.1) is 0 Å². The van der Waals surface area contributed by atoms with Gasteiger partial charge in [-0.05, 0) is 52.3 Å². The highest BCUT2D eigenvalue weighted by Gasteiger charge is 2.12. The molecule has 0 bridgehead atoms. The van der Waals surface area contributed by atoms with Gasteiger partial charge in [0.15, 0.2) is 0 Å². The minimum Gasteiger partial charge on any atom is -0.307 e. The van der Waals surface area contributed by atoms with E-state index in [1.807, 2.05) is 11.3 Å². The number of thiophene rings is 1. The third kappa shape index (κ3) is 6.55. The first-order valence-corrected chi connectivity index (χ1v) is 8.01. The first kappa shape index (κ1) is 16.7. The van der Waals surface area contributed by atoms with Crippen LogP contribution in [-0.4, -0.2) is 24.0 Å². The van der Waals surface area contributed by atoms with E-state index < -0.39 is 0 Å². The van der Waals surface area contributed by atoms with Crippen LogP contribution < -0.4 is 5.32 Å². The minimum absolute atomic E-state index is 0.187. The summed E-state index contributed by atoms with van der Waals surface area (Å²) in [5.41, 5.74) is 1.67. The van der Waals surface area contributed by atoms with Crippen LogP contribution in [0.2, 0.25) is 0 Å². The molecular formula is C16H30N2S. The number of aryl methyl sites for hydroxylation is 1. The van der Waals surface area contributed by atoms with Gasteiger partial charge in [-0.25, -0.2) is 0 Å². The molecule has 0 aliphatic carbocycles. The number of hydrogen-bond donors (Lipinski definition) is 1. The SMILES string of the molecule is Cc1sc(CNC(C)(C)C)cc1CN(C)CC(C)C. The van der Waals surface area contributed by atoms with Crippen molar-refractivity contribution in [2.75, 3.05) is 13.6 Å². The average Bonchev–Trinajstić information content (AvgIpc) is 2.54. The van der Waals surface area contributed by atoms with Crippen LogP contribution in [0.3, 0.4) is 0 Å². The molecule has 0 spiro atoms. The Morgan fingerprint density at radius 3 is 2.47 bits per heavy atom. The van der Waals surface area contributed by atoms with Gasteiger partial charge in [0.2, 0.25) is 0 Å². The summed E-state index contributed by atoms with van der Waals surface area (Å²) < 4.78 is 0. The van der Waals surface area contributed by atoms with Crippen molar-refractivity contribution in [3.63, 3.8) is 0 Å². The van der Waals surface area contributed by atoms with E-state index in [1.165, 1.54) is 15.3 Å². The minimum atomic E-state index is 0.187. The second kappa shape index (κ2) is 6.87. The first-order valence-electron chi connectivity index (χ1n) is 7.19. The highest BCUT2D eigenvalue weighted by molar-refractivity contribution is 7.12. The maximum Gasteiger partial charge on any atom is 0.0304 e. The van der Waals surface area contributed by atoms with Crippen LogP contribution in [0.15, 0.2) is 6.07 Å². The van der Waals surface area contributed by atoms with Gasteiger partial charge < -0.3 is 10.2 Å². The summed E-state index contributed by atoms with van der Waals surface area (Å²) in [6.45, 7) is 16.6. The maximum absolute atomic E-state index is 3.56. The van der Waals surface area contributed by atoms with Gasteiger partial charge in [0.1, 0.15) is 0 Å². The summed E-state index contributed by atoms with van der Waals surface area (Å²) in [7, 11) is 2.21. The zero-order chi connectivity index (χ0) is 14.6. The van der Waals surface area contributed by atoms with Crippen LogP contribution in [0.1, 0.15) is 49.9 Å². The van der Waals surface area contributed by atoms with Crippen molar-refractivity contribution in [2.45, 2.75) is 60.2 Å². The predicted molar refractivity (Wildman–Crippen MR) is 86.8 cm³/mol. The lowest BCUT2D eigenvalue weighted by atomic mass is 10.1. The number of nitrogens with zero attached hydrogens (tertiary/aromatic N) is 1. The smallest absolute Gasteiger partial charge is 0.0304 e. The van der Waals surface area contributed by atoms with E-state index in [9.17, 15) is 0 Å². The van der Waals surface area contributed by atoms with Crippen molar-refractivity contribution in [1.82, 2.24) is 10.2 Å². The van der Waals surface area contributed by atoms with Crippen molar-refractivity contribution in [1.29, 1.82) is 0 Å². The van der Waals surface area contributed by atoms with Crippen molar-refractivity contribution >= 4 is 11.3 Å². The van der Waals surface area contributed by atoms with Crippen molar-refractivity contribution in [3.8, 4) is 0 Å². The predicted octanol–water partition coefficient (Wildman–Crippen LogP) is 4.03. The van der Waals surface area contributed by atoms with E-state index >= 15 is 0 Å². The number of nitrogens with one attached hydrogen (secondary N) is 1. The first-order chi connectivity index (χ1) is 8.67. The lowest BCUT2D eigenvalue weighted by Crippen LogP contribution is -2.34. The van der Waals surface area contributed by atoms with Crippen LogP contribution in [0, 0.1) is 12.8 Å². The molecule has 0 aromatic carbocycles. The zero-order valence-electron chi connectivity index (χ0n) is 13.6. The molecule has 3 heteroatoms. The van der Waals surface area contributed by atoms with Crippen molar-refractivity contribution < 1.29 is 0 Å². The van der Waals surface area contributed by atoms with E-state index in [4.69, 9.17) is 0 Å². The molecule has 110 valence electrons. The molecular weight excluding hydrogens is 252 g/mol. The van der Waals surface area contributed by atoms with Crippen LogP contribution >= 0.6 is 11.3 Å². The molecule has 1 aromatic heterocycles. The fourth-order valence-corrected chi connectivity index (χ4v) is 3.16. The molecule has 0 fully saturated rings. The quantitative estimate of drug-likeness (QED) is 0.847. The molecule has 0 amide bonds. The lowest BCUT2D eigenvalue weighted by Gasteiger charge is -2.20. The molecule has 1 aromatic rings. The molecule has 0 unspecified atom stereocenters. The Balaban J connectivity index is 2.59. The third-order valence-electron chi connectivity index (χ3n) is 2.98. The normalized spacial score (nSPS) is 12.7. The van der Waals surface area contributed by atoms with Crippen LogP contribution in [0.4, 0.5) is 0 Å². The molecule has 2 nitrogen and oxygen atoms in total. The Morgan fingerprint density at radius 1 is 1.32 bits per heavy atom. The van der Waals surface area contributed by atoms with Gasteiger partial charge in [0, 0.05) is 34.9 Å². The van der Waals surface area contributed by atoms with Gasteiger partial charge in [-0.15, -0.1) is 11.3 Å². The Bertz CT molecular complexity index is 388. The highest BCUT2D eigenvalue weighted by Crippen LogP contribution is 2.23. The Hall–Kier alpha value is -0.380. The molecule has 0 saturated carbocycles. The molecule has 1 heterocycles. The second-order valence-corrected chi connectivity index (χ2v) is 8.33. The fraction of sp³-hybridized carbons (Fsp3) is 0.750. The van der Waals surface area contributed by atoms with E-state index in [0.29, 0.717) is 0 Å². The van der Waals surface area contributed by atoms with Gasteiger partial charge in [-0.2, -0.15) is 0 Å².